The third-order valence-electron chi connectivity index (χ3n) is 8.49. The van der Waals surface area contributed by atoms with E-state index in [-0.39, 0.29) is 58.9 Å². The molecule has 0 radical (unpaired) electrons. The predicted molar refractivity (Wildman–Crippen MR) is 173 cm³/mol. The molecule has 10 N–H and O–H groups in total. The maximum Gasteiger partial charge on any atom is 0.333 e. The first-order valence-corrected chi connectivity index (χ1v) is 17.2. The van der Waals surface area contributed by atoms with E-state index in [0.717, 1.165) is 12.1 Å². The largest absolute Gasteiger partial charge is 0.492 e. The average molecular weight is 764 g/mol. The second-order valence-electron chi connectivity index (χ2n) is 12.7. The molecule has 300 valence electrons. The van der Waals surface area contributed by atoms with E-state index in [1.54, 1.807) is 0 Å². The molecule has 4 rings (SSSR count). The van der Waals surface area contributed by atoms with E-state index in [2.05, 4.69) is 16.0 Å². The molecule has 53 heavy (non-hydrogen) atoms. The quantitative estimate of drug-likeness (QED) is 0.105. The van der Waals surface area contributed by atoms with Crippen molar-refractivity contribution in [3.63, 3.8) is 0 Å². The zero-order valence-electron chi connectivity index (χ0n) is 29.0. The lowest BCUT2D eigenvalue weighted by Crippen LogP contribution is -2.64. The van der Waals surface area contributed by atoms with Gasteiger partial charge in [0, 0.05) is 38.2 Å². The maximum absolute atomic E-state index is 12.8. The third kappa shape index (κ3) is 12.2. The van der Waals surface area contributed by atoms with Crippen LogP contribution in [-0.4, -0.2) is 183 Å². The number of hydrogen-bond acceptors (Lipinski definition) is 18. The van der Waals surface area contributed by atoms with Crippen LogP contribution in [0.4, 0.5) is 0 Å². The van der Waals surface area contributed by atoms with E-state index in [1.165, 1.54) is 11.8 Å². The van der Waals surface area contributed by atoms with Crippen molar-refractivity contribution in [2.24, 2.45) is 0 Å². The van der Waals surface area contributed by atoms with Gasteiger partial charge in [0.2, 0.25) is 29.5 Å². The molecule has 3 fully saturated rings. The van der Waals surface area contributed by atoms with Gasteiger partial charge >= 0.3 is 5.97 Å². The minimum Gasteiger partial charge on any atom is -0.492 e. The second kappa shape index (κ2) is 20.1. The van der Waals surface area contributed by atoms with Crippen LogP contribution in [0.25, 0.3) is 0 Å². The third-order valence-corrected chi connectivity index (χ3v) is 8.49. The highest BCUT2D eigenvalue weighted by Crippen LogP contribution is 2.30. The van der Waals surface area contributed by atoms with Crippen molar-refractivity contribution in [1.29, 1.82) is 0 Å². The summed E-state index contributed by atoms with van der Waals surface area (Å²) in [6.45, 7) is -0.0161. The van der Waals surface area contributed by atoms with Crippen LogP contribution >= 0.6 is 0 Å². The summed E-state index contributed by atoms with van der Waals surface area (Å²) < 4.78 is 28.7. The zero-order chi connectivity index (χ0) is 38.7. The zero-order valence-corrected chi connectivity index (χ0v) is 29.0. The van der Waals surface area contributed by atoms with Crippen LogP contribution in [-0.2, 0) is 42.9 Å². The van der Waals surface area contributed by atoms with E-state index >= 15 is 0 Å². The summed E-state index contributed by atoms with van der Waals surface area (Å²) in [5.74, 6) is -3.17. The second-order valence-corrected chi connectivity index (χ2v) is 12.7. The molecule has 3 amide bonds. The molecule has 1 aromatic rings. The first-order chi connectivity index (χ1) is 25.2. The van der Waals surface area contributed by atoms with Crippen molar-refractivity contribution in [1.82, 2.24) is 25.6 Å². The lowest BCUT2D eigenvalue weighted by atomic mass is 9.99. The van der Waals surface area contributed by atoms with Gasteiger partial charge in [-0.05, 0) is 19.8 Å². The summed E-state index contributed by atoms with van der Waals surface area (Å²) in [6, 6.07) is 2.32. The molecule has 3 saturated heterocycles. The molecule has 3 aliphatic rings. The Morgan fingerprint density at radius 2 is 1.40 bits per heavy atom. The topological polar surface area (TPSA) is 310 Å². The van der Waals surface area contributed by atoms with Gasteiger partial charge in [0.05, 0.1) is 39.0 Å². The normalized spacial score (nSPS) is 32.6. The molecule has 1 aromatic heterocycles. The van der Waals surface area contributed by atoms with Gasteiger partial charge in [-0.2, -0.15) is 0 Å². The molecule has 4 heterocycles. The highest BCUT2D eigenvalue weighted by atomic mass is 16.8. The summed E-state index contributed by atoms with van der Waals surface area (Å²) in [6.07, 6.45) is -13.9. The summed E-state index contributed by atoms with van der Waals surface area (Å²) >= 11 is 0. The highest BCUT2D eigenvalue weighted by Gasteiger charge is 2.50. The molecule has 10 atom stereocenters. The minimum atomic E-state index is -1.81. The predicted octanol–water partition coefficient (Wildman–Crippen LogP) is -5.27. The fourth-order valence-corrected chi connectivity index (χ4v) is 5.62. The number of aromatic nitrogens is 1. The van der Waals surface area contributed by atoms with Crippen LogP contribution in [0.1, 0.15) is 32.6 Å². The Morgan fingerprint density at radius 3 is 2.04 bits per heavy atom. The van der Waals surface area contributed by atoms with Crippen LogP contribution < -0.4 is 20.8 Å². The van der Waals surface area contributed by atoms with Gasteiger partial charge in [0.25, 0.3) is 0 Å². The van der Waals surface area contributed by atoms with Crippen LogP contribution in [0.15, 0.2) is 12.1 Å². The molecule has 22 nitrogen and oxygen atoms in total. The number of hydrogen-bond donors (Lipinski definition) is 10. The smallest absolute Gasteiger partial charge is 0.333 e. The summed E-state index contributed by atoms with van der Waals surface area (Å²) in [4.78, 5) is 56.5. The van der Waals surface area contributed by atoms with E-state index in [4.69, 9.17) is 28.5 Å². The van der Waals surface area contributed by atoms with E-state index in [9.17, 15) is 54.9 Å². The van der Waals surface area contributed by atoms with E-state index in [1.807, 2.05) is 0 Å². The minimum absolute atomic E-state index is 0.00874. The van der Waals surface area contributed by atoms with Gasteiger partial charge in [0.15, 0.2) is 18.9 Å². The maximum atomic E-state index is 12.8. The van der Waals surface area contributed by atoms with Gasteiger partial charge in [0.1, 0.15) is 36.6 Å². The molecule has 2 bridgehead atoms. The van der Waals surface area contributed by atoms with E-state index in [0.29, 0.717) is 24.0 Å². The summed E-state index contributed by atoms with van der Waals surface area (Å²) in [7, 11) is 0. The van der Waals surface area contributed by atoms with Crippen molar-refractivity contribution >= 4 is 23.7 Å². The standard InChI is InChI=1S/C31H49N5O17/c1-16-23(43)25(45)28-31(50-16)49-12-10-34-19(39)15-35(14-18(38)33-9-11-48-29-26(46)24(44)27(47)30(51-28)52-29)13-17(37)32-8-4-2-3-5-22(42)53-36-20(40)6-7-21(36)41/h6-7,16,23-31,40-41,43-47H,2-5,8-15H2,1H3,(H,32,37)(H,33,38)(H,34,39). The number of carbonyl (C=O) groups is 4. The number of aliphatic hydroxyl groups excluding tert-OH is 5. The Balaban J connectivity index is 1.30. The number of amides is 3. The van der Waals surface area contributed by atoms with Gasteiger partial charge in [-0.1, -0.05) is 6.42 Å². The Bertz CT molecular complexity index is 1350. The molecule has 0 saturated carbocycles. The van der Waals surface area contributed by atoms with E-state index < -0.39 is 97.0 Å². The summed E-state index contributed by atoms with van der Waals surface area (Å²) in [5, 5.41) is 79.5. The molecule has 3 aliphatic heterocycles. The highest BCUT2D eigenvalue weighted by molar-refractivity contribution is 5.84. The number of rotatable bonds is 9. The van der Waals surface area contributed by atoms with Gasteiger partial charge < -0.3 is 80.2 Å². The van der Waals surface area contributed by atoms with Crippen LogP contribution in [0, 0.1) is 0 Å². The van der Waals surface area contributed by atoms with Gasteiger partial charge in [-0.25, -0.2) is 4.79 Å². The molecular weight excluding hydrogens is 714 g/mol. The Labute approximate surface area is 303 Å². The molecular formula is C31H49N5O17. The van der Waals surface area contributed by atoms with Crippen molar-refractivity contribution in [2.75, 3.05) is 52.5 Å². The monoisotopic (exact) mass is 763 g/mol. The van der Waals surface area contributed by atoms with Crippen molar-refractivity contribution in [2.45, 2.75) is 94.2 Å². The lowest BCUT2D eigenvalue weighted by Gasteiger charge is -2.45. The van der Waals surface area contributed by atoms with Gasteiger partial charge in [-0.15, -0.1) is 4.73 Å². The SMILES string of the molecule is CC1OC2OCCNC(=O)CN(CC(=O)NCCCCCC(=O)On3c(O)ccc3O)CC(=O)NCCOC3OC(OC2C(O)C1O)C(O)C(O)C3O. The number of nitrogens with one attached hydrogen (secondary N) is 3. The number of unbranched alkanes of at least 4 members (excludes halogenated alkanes) is 2. The lowest BCUT2D eigenvalue weighted by molar-refractivity contribution is -0.387. The number of aromatic hydroxyl groups is 2. The fraction of sp³-hybridized carbons (Fsp3) is 0.742. The molecule has 10 unspecified atom stereocenters. The number of fused-ring (bicyclic) bond motifs is 3. The fourth-order valence-electron chi connectivity index (χ4n) is 5.62. The van der Waals surface area contributed by atoms with Crippen molar-refractivity contribution in [3.8, 4) is 11.8 Å². The molecule has 0 aliphatic carbocycles. The van der Waals surface area contributed by atoms with Crippen molar-refractivity contribution < 1.29 is 83.4 Å². The number of carbonyl (C=O) groups excluding carboxylic acids is 4. The average Bonchev–Trinajstić information content (AvgIpc) is 3.42. The Hall–Kier alpha value is -3.68. The molecule has 0 aromatic carbocycles. The Kier molecular flexibility index (Phi) is 16.0. The molecule has 22 heteroatoms. The number of nitrogens with zero attached hydrogens (tertiary/aromatic N) is 2. The first kappa shape index (κ1) is 42.1. The van der Waals surface area contributed by atoms with Crippen LogP contribution in [0.2, 0.25) is 0 Å². The number of ether oxygens (including phenoxy) is 5. The van der Waals surface area contributed by atoms with Crippen molar-refractivity contribution in [3.05, 3.63) is 12.1 Å². The number of aliphatic hydroxyl groups is 5. The first-order valence-electron chi connectivity index (χ1n) is 17.2. The van der Waals surface area contributed by atoms with Crippen LogP contribution in [0.5, 0.6) is 11.8 Å². The van der Waals surface area contributed by atoms with Gasteiger partial charge in [-0.3, -0.25) is 19.3 Å². The molecule has 0 spiro atoms. The summed E-state index contributed by atoms with van der Waals surface area (Å²) in [5.41, 5.74) is 0. The van der Waals surface area contributed by atoms with Crippen LogP contribution in [0.3, 0.4) is 0 Å². The Morgan fingerprint density at radius 1 is 0.792 bits per heavy atom.